The number of carbonyl (C=O) groups excluding carboxylic acids is 1. The minimum atomic E-state index is -3.11. The third kappa shape index (κ3) is 5.47. The van der Waals surface area contributed by atoms with E-state index in [-0.39, 0.29) is 18.1 Å². The van der Waals surface area contributed by atoms with E-state index in [0.717, 1.165) is 17.5 Å². The molecule has 2 N–H and O–H groups in total. The molecule has 1 rings (SSSR count). The summed E-state index contributed by atoms with van der Waals surface area (Å²) in [5.74, 6) is 0.00619. The van der Waals surface area contributed by atoms with Crippen molar-refractivity contribution in [3.05, 3.63) is 29.8 Å². The molecule has 0 aliphatic heterocycles. The number of nitrogens with two attached hydrogens (primary N) is 1. The maximum atomic E-state index is 12.2. The van der Waals surface area contributed by atoms with E-state index in [2.05, 4.69) is 13.8 Å². The van der Waals surface area contributed by atoms with E-state index in [9.17, 15) is 13.2 Å². The number of rotatable bonds is 6. The van der Waals surface area contributed by atoms with E-state index in [1.165, 1.54) is 4.90 Å². The summed E-state index contributed by atoms with van der Waals surface area (Å²) in [5.41, 5.74) is 7.71. The third-order valence-electron chi connectivity index (χ3n) is 3.37. The number of amides is 1. The first-order valence-corrected chi connectivity index (χ1v) is 8.98. The van der Waals surface area contributed by atoms with Crippen LogP contribution in [0.15, 0.2) is 24.3 Å². The normalized spacial score (nSPS) is 13.2. The van der Waals surface area contributed by atoms with E-state index in [4.69, 9.17) is 5.73 Å². The van der Waals surface area contributed by atoms with Crippen LogP contribution in [0.3, 0.4) is 0 Å². The Balaban J connectivity index is 2.80. The zero-order valence-corrected chi connectivity index (χ0v) is 13.9. The molecule has 0 saturated carbocycles. The number of likely N-dealkylation sites (N-methyl/N-ethyl adjacent to an activating group) is 1. The molecule has 0 radical (unpaired) electrons. The quantitative estimate of drug-likeness (QED) is 0.864. The first kappa shape index (κ1) is 17.7. The highest BCUT2D eigenvalue weighted by Crippen LogP contribution is 2.21. The molecule has 1 atom stereocenters. The molecule has 21 heavy (non-hydrogen) atoms. The summed E-state index contributed by atoms with van der Waals surface area (Å²) in [6.07, 6.45) is 1.27. The van der Waals surface area contributed by atoms with Crippen molar-refractivity contribution in [1.29, 1.82) is 0 Å². The molecule has 0 saturated heterocycles. The van der Waals surface area contributed by atoms with Gasteiger partial charge in [0, 0.05) is 19.0 Å². The summed E-state index contributed by atoms with van der Waals surface area (Å²) in [6.45, 7) is 4.16. The second kappa shape index (κ2) is 7.04. The Morgan fingerprint density at radius 1 is 1.33 bits per heavy atom. The fourth-order valence-electron chi connectivity index (χ4n) is 1.93. The fraction of sp³-hybridized carbons (Fsp3) is 0.533. The molecule has 118 valence electrons. The molecule has 6 heteroatoms. The van der Waals surface area contributed by atoms with E-state index >= 15 is 0 Å². The number of hydrogen-bond acceptors (Lipinski definition) is 4. The fourth-order valence-corrected chi connectivity index (χ4v) is 2.62. The second-order valence-corrected chi connectivity index (χ2v) is 7.93. The van der Waals surface area contributed by atoms with Crippen LogP contribution in [0.5, 0.6) is 0 Å². The molecule has 1 aromatic rings. The van der Waals surface area contributed by atoms with Gasteiger partial charge in [-0.05, 0) is 30.0 Å². The van der Waals surface area contributed by atoms with E-state index < -0.39 is 15.9 Å². The Morgan fingerprint density at radius 3 is 2.48 bits per heavy atom. The summed E-state index contributed by atoms with van der Waals surface area (Å²) in [5, 5.41) is 0. The Bertz CT molecular complexity index is 597. The zero-order valence-electron chi connectivity index (χ0n) is 13.0. The average molecular weight is 312 g/mol. The van der Waals surface area contributed by atoms with Crippen molar-refractivity contribution in [3.8, 4) is 0 Å². The summed E-state index contributed by atoms with van der Waals surface area (Å²) >= 11 is 0. The molecule has 0 heterocycles. The second-order valence-electron chi connectivity index (χ2n) is 5.67. The van der Waals surface area contributed by atoms with E-state index in [0.29, 0.717) is 5.92 Å². The van der Waals surface area contributed by atoms with Gasteiger partial charge in [-0.2, -0.15) is 0 Å². The van der Waals surface area contributed by atoms with Gasteiger partial charge in [0.05, 0.1) is 11.8 Å². The van der Waals surface area contributed by atoms with Crippen molar-refractivity contribution in [2.75, 3.05) is 24.0 Å². The summed E-state index contributed by atoms with van der Waals surface area (Å²) in [4.78, 5) is 13.7. The Morgan fingerprint density at radius 2 is 1.95 bits per heavy atom. The number of sulfone groups is 1. The van der Waals surface area contributed by atoms with Gasteiger partial charge in [0.25, 0.3) is 0 Å². The van der Waals surface area contributed by atoms with Gasteiger partial charge >= 0.3 is 0 Å². The van der Waals surface area contributed by atoms with Gasteiger partial charge < -0.3 is 10.6 Å². The minimum absolute atomic E-state index is 0.0836. The van der Waals surface area contributed by atoms with Crippen LogP contribution in [0.1, 0.15) is 31.7 Å². The number of carbonyl (C=O) groups is 1. The summed E-state index contributed by atoms with van der Waals surface area (Å²) in [6, 6.07) is 6.89. The van der Waals surface area contributed by atoms with Crippen LogP contribution >= 0.6 is 0 Å². The molecular formula is C15H24N2O3S. The van der Waals surface area contributed by atoms with Crippen LogP contribution in [0, 0.1) is 0 Å². The molecule has 0 bridgehead atoms. The first-order valence-electron chi connectivity index (χ1n) is 6.92. The predicted molar refractivity (Wildman–Crippen MR) is 86.2 cm³/mol. The van der Waals surface area contributed by atoms with Crippen molar-refractivity contribution in [2.45, 2.75) is 32.2 Å². The third-order valence-corrected chi connectivity index (χ3v) is 4.35. The zero-order chi connectivity index (χ0) is 16.2. The highest BCUT2D eigenvalue weighted by molar-refractivity contribution is 7.90. The first-order chi connectivity index (χ1) is 9.61. The summed E-state index contributed by atoms with van der Waals surface area (Å²) in [7, 11) is -1.46. The smallest absolute Gasteiger partial charge is 0.243 e. The van der Waals surface area contributed by atoms with Gasteiger partial charge in [0.1, 0.15) is 9.84 Å². The van der Waals surface area contributed by atoms with Gasteiger partial charge in [-0.25, -0.2) is 8.42 Å². The molecule has 1 aromatic carbocycles. The highest BCUT2D eigenvalue weighted by atomic mass is 32.2. The van der Waals surface area contributed by atoms with Crippen molar-refractivity contribution in [1.82, 2.24) is 0 Å². The highest BCUT2D eigenvalue weighted by Gasteiger charge is 2.21. The number of hydrogen-bond donors (Lipinski definition) is 1. The van der Waals surface area contributed by atoms with Crippen LogP contribution in [0.2, 0.25) is 0 Å². The average Bonchev–Trinajstić information content (AvgIpc) is 2.42. The van der Waals surface area contributed by atoms with Gasteiger partial charge in [-0.3, -0.25) is 4.79 Å². The van der Waals surface area contributed by atoms with E-state index in [1.807, 2.05) is 24.3 Å². The maximum Gasteiger partial charge on any atom is 0.243 e. The van der Waals surface area contributed by atoms with Crippen molar-refractivity contribution < 1.29 is 13.2 Å². The monoisotopic (exact) mass is 312 g/mol. The molecule has 5 nitrogen and oxygen atoms in total. The topological polar surface area (TPSA) is 80.5 Å². The standard InChI is InChI=1S/C15H24N2O3S/c1-11(2)12-6-5-7-13(10-12)17(3)15(18)14(16)8-9-21(4,19)20/h5-7,10-11,14H,8-9,16H2,1-4H3. The molecule has 1 amide bonds. The van der Waals surface area contributed by atoms with Gasteiger partial charge in [-0.1, -0.05) is 26.0 Å². The molecule has 1 unspecified atom stereocenters. The van der Waals surface area contributed by atoms with Gasteiger partial charge in [0.15, 0.2) is 0 Å². The Labute approximate surface area is 127 Å². The lowest BCUT2D eigenvalue weighted by Crippen LogP contribution is -2.42. The number of benzene rings is 1. The van der Waals surface area contributed by atoms with Crippen molar-refractivity contribution >= 4 is 21.4 Å². The molecule has 0 fully saturated rings. The van der Waals surface area contributed by atoms with Crippen LogP contribution in [0.4, 0.5) is 5.69 Å². The molecule has 0 aromatic heterocycles. The molecule has 0 aliphatic rings. The molecule has 0 aliphatic carbocycles. The van der Waals surface area contributed by atoms with Crippen LogP contribution in [0.25, 0.3) is 0 Å². The number of nitrogens with zero attached hydrogens (tertiary/aromatic N) is 1. The molecular weight excluding hydrogens is 288 g/mol. The number of anilines is 1. The van der Waals surface area contributed by atoms with Crippen molar-refractivity contribution in [2.24, 2.45) is 5.73 Å². The maximum absolute atomic E-state index is 12.2. The largest absolute Gasteiger partial charge is 0.320 e. The lowest BCUT2D eigenvalue weighted by molar-refractivity contribution is -0.119. The van der Waals surface area contributed by atoms with Crippen LogP contribution in [-0.2, 0) is 14.6 Å². The van der Waals surface area contributed by atoms with Crippen molar-refractivity contribution in [3.63, 3.8) is 0 Å². The lowest BCUT2D eigenvalue weighted by atomic mass is 10.0. The Hall–Kier alpha value is -1.40. The predicted octanol–water partition coefficient (Wildman–Crippen LogP) is 1.53. The molecule has 0 spiro atoms. The van der Waals surface area contributed by atoms with Crippen LogP contribution in [-0.4, -0.2) is 39.4 Å². The summed E-state index contributed by atoms with van der Waals surface area (Å²) < 4.78 is 22.3. The lowest BCUT2D eigenvalue weighted by Gasteiger charge is -2.22. The van der Waals surface area contributed by atoms with Crippen LogP contribution < -0.4 is 10.6 Å². The SMILES string of the molecule is CC(C)c1cccc(N(C)C(=O)C(N)CCS(C)(=O)=O)c1. The Kier molecular flexibility index (Phi) is 5.92. The van der Waals surface area contributed by atoms with Gasteiger partial charge in [0.2, 0.25) is 5.91 Å². The minimum Gasteiger partial charge on any atom is -0.320 e. The van der Waals surface area contributed by atoms with E-state index in [1.54, 1.807) is 7.05 Å². The van der Waals surface area contributed by atoms with Gasteiger partial charge in [-0.15, -0.1) is 0 Å².